The van der Waals surface area contributed by atoms with Crippen LogP contribution in [0.2, 0.25) is 0 Å². The first-order valence-corrected chi connectivity index (χ1v) is 24.8. The van der Waals surface area contributed by atoms with Crippen molar-refractivity contribution in [2.24, 2.45) is 5.41 Å². The van der Waals surface area contributed by atoms with Gasteiger partial charge in [-0.3, -0.25) is 32.5 Å². The van der Waals surface area contributed by atoms with Crippen LogP contribution < -0.4 is 16.4 Å². The number of anilines is 1. The Balaban J connectivity index is 1.40. The summed E-state index contributed by atoms with van der Waals surface area (Å²) in [4.78, 5) is 87.9. The summed E-state index contributed by atoms with van der Waals surface area (Å²) in [5.74, 6) is -1.08. The molecule has 0 aliphatic carbocycles. The fourth-order valence-corrected chi connectivity index (χ4v) is 9.17. The minimum Gasteiger partial charge on any atom is -0.386 e. The van der Waals surface area contributed by atoms with Crippen LogP contribution in [0.4, 0.5) is 5.82 Å². The molecule has 1 saturated heterocycles. The van der Waals surface area contributed by atoms with Crippen LogP contribution in [0.15, 0.2) is 24.8 Å². The summed E-state index contributed by atoms with van der Waals surface area (Å²) < 4.78 is 62.3. The number of carbonyl (C=O) groups is 3. The summed E-state index contributed by atoms with van der Waals surface area (Å²) in [5.41, 5.74) is 4.27. The van der Waals surface area contributed by atoms with E-state index in [1.165, 1.54) is 46.0 Å². The topological polar surface area (TPSA) is 364 Å². The van der Waals surface area contributed by atoms with E-state index in [0.717, 1.165) is 41.8 Å². The fraction of sp³-hybridized carbons (Fsp3) is 0.697. The first kappa shape index (κ1) is 52.6. The average molecular weight is 948 g/mol. The largest absolute Gasteiger partial charge is 0.481 e. The molecule has 0 bridgehead atoms. The number of phosphoric ester groups is 3. The third kappa shape index (κ3) is 18.1. The SMILES string of the molecule is CCCCCCCC/C=C/CC(=O)SCCNC(=O)CCNC(=O)[C@H](O)C(C)(C)COP(=O)(O)OP(=O)(O)OC[C@H]1O[C@@H](n2cnc3c(N)ncnc32)C(O)[C@H]1OP(=O)(O)O. The predicted octanol–water partition coefficient (Wildman–Crippen LogP) is 2.36. The molecule has 0 radical (unpaired) electrons. The molecule has 7 atom stereocenters. The molecule has 3 rings (SSSR count). The van der Waals surface area contributed by atoms with Crippen molar-refractivity contribution < 1.29 is 80.5 Å². The number of nitrogen functional groups attached to an aromatic ring is 1. The molecule has 2 aromatic heterocycles. The Bertz CT molecular complexity index is 1940. The van der Waals surface area contributed by atoms with E-state index < -0.39 is 84.6 Å². The number of fused-ring (bicyclic) bond motifs is 1. The Morgan fingerprint density at radius 3 is 2.39 bits per heavy atom. The molecule has 10 N–H and O–H groups in total. The second-order valence-corrected chi connectivity index (χ2v) is 19.9. The summed E-state index contributed by atoms with van der Waals surface area (Å²) in [6.07, 6.45) is 5.42. The van der Waals surface area contributed by atoms with Gasteiger partial charge in [0.05, 0.1) is 19.5 Å². The zero-order chi connectivity index (χ0) is 45.4. The molecule has 0 spiro atoms. The molecule has 0 saturated carbocycles. The Morgan fingerprint density at radius 1 is 1.00 bits per heavy atom. The molecule has 346 valence electrons. The van der Waals surface area contributed by atoms with Crippen LogP contribution in [0, 0.1) is 5.41 Å². The summed E-state index contributed by atoms with van der Waals surface area (Å²) in [5, 5.41) is 26.5. The van der Waals surface area contributed by atoms with Gasteiger partial charge in [-0.1, -0.05) is 76.8 Å². The number of nitrogens with two attached hydrogens (primary N) is 1. The number of nitrogens with one attached hydrogen (secondary N) is 2. The van der Waals surface area contributed by atoms with E-state index in [4.69, 9.17) is 19.5 Å². The summed E-state index contributed by atoms with van der Waals surface area (Å²) in [6.45, 7) is 2.70. The molecule has 28 heteroatoms. The van der Waals surface area contributed by atoms with Crippen molar-refractivity contribution in [3.63, 3.8) is 0 Å². The van der Waals surface area contributed by atoms with Gasteiger partial charge in [-0.25, -0.2) is 28.6 Å². The number of carbonyl (C=O) groups excluding carboxylic acids is 3. The number of aliphatic hydroxyl groups excluding tert-OH is 2. The van der Waals surface area contributed by atoms with Crippen LogP contribution in [0.3, 0.4) is 0 Å². The maximum absolute atomic E-state index is 12.7. The van der Waals surface area contributed by atoms with Gasteiger partial charge in [-0.2, -0.15) is 4.31 Å². The molecule has 1 aliphatic rings. The molecule has 3 heterocycles. The number of unbranched alkanes of at least 4 members (excludes halogenated alkanes) is 6. The molecule has 2 aromatic rings. The van der Waals surface area contributed by atoms with Crippen LogP contribution in [-0.2, 0) is 50.7 Å². The van der Waals surface area contributed by atoms with Crippen molar-refractivity contribution in [3.05, 3.63) is 24.8 Å². The van der Waals surface area contributed by atoms with E-state index in [-0.39, 0.29) is 41.6 Å². The minimum absolute atomic E-state index is 0.0228. The molecule has 1 fully saturated rings. The number of phosphoric acid groups is 3. The Morgan fingerprint density at radius 2 is 1.69 bits per heavy atom. The average Bonchev–Trinajstić information content (AvgIpc) is 3.73. The van der Waals surface area contributed by atoms with Gasteiger partial charge in [0.15, 0.2) is 22.8 Å². The van der Waals surface area contributed by atoms with Gasteiger partial charge in [-0.05, 0) is 12.8 Å². The van der Waals surface area contributed by atoms with Crippen LogP contribution in [0.5, 0.6) is 0 Å². The van der Waals surface area contributed by atoms with Crippen molar-refractivity contribution >= 4 is 69.1 Å². The van der Waals surface area contributed by atoms with Crippen molar-refractivity contribution in [1.29, 1.82) is 0 Å². The van der Waals surface area contributed by atoms with Crippen LogP contribution >= 0.6 is 35.2 Å². The van der Waals surface area contributed by atoms with Crippen LogP contribution in [0.1, 0.15) is 84.8 Å². The lowest BCUT2D eigenvalue weighted by molar-refractivity contribution is -0.137. The lowest BCUT2D eigenvalue weighted by atomic mass is 9.87. The number of allylic oxidation sites excluding steroid dienone is 2. The van der Waals surface area contributed by atoms with Gasteiger partial charge >= 0.3 is 23.5 Å². The summed E-state index contributed by atoms with van der Waals surface area (Å²) in [6, 6.07) is 0. The van der Waals surface area contributed by atoms with Gasteiger partial charge in [0.1, 0.15) is 36.3 Å². The quantitative estimate of drug-likeness (QED) is 0.0336. The maximum atomic E-state index is 12.7. The first-order chi connectivity index (χ1) is 28.6. The maximum Gasteiger partial charge on any atom is 0.481 e. The highest BCUT2D eigenvalue weighted by molar-refractivity contribution is 8.13. The molecule has 0 aromatic carbocycles. The number of hydrogen-bond donors (Lipinski definition) is 9. The van der Waals surface area contributed by atoms with Crippen molar-refractivity contribution in [1.82, 2.24) is 30.2 Å². The third-order valence-electron chi connectivity index (χ3n) is 8.94. The number of thioether (sulfide) groups is 1. The van der Waals surface area contributed by atoms with E-state index >= 15 is 0 Å². The van der Waals surface area contributed by atoms with E-state index in [0.29, 0.717) is 12.2 Å². The smallest absolute Gasteiger partial charge is 0.386 e. The monoisotopic (exact) mass is 947 g/mol. The normalized spacial score (nSPS) is 21.0. The zero-order valence-electron chi connectivity index (χ0n) is 33.9. The number of nitrogens with zero attached hydrogens (tertiary/aromatic N) is 4. The minimum atomic E-state index is -5.57. The van der Waals surface area contributed by atoms with E-state index in [9.17, 15) is 57.9 Å². The highest BCUT2D eigenvalue weighted by atomic mass is 32.2. The number of imidazole rings is 1. The van der Waals surface area contributed by atoms with Crippen LogP contribution in [0.25, 0.3) is 11.2 Å². The van der Waals surface area contributed by atoms with Gasteiger partial charge in [-0.15, -0.1) is 0 Å². The third-order valence-corrected chi connectivity index (χ3v) is 12.9. The Kier molecular flexibility index (Phi) is 21.0. The Labute approximate surface area is 356 Å². The number of hydrogen-bond acceptors (Lipinski definition) is 18. The molecule has 1 aliphatic heterocycles. The fourth-order valence-electron chi connectivity index (χ4n) is 5.69. The number of aromatic nitrogens is 4. The molecule has 3 unspecified atom stereocenters. The molecule has 61 heavy (non-hydrogen) atoms. The molecular formula is C33H56N7O17P3S. The van der Waals surface area contributed by atoms with Gasteiger partial charge < -0.3 is 50.9 Å². The molecule has 2 amide bonds. The lowest BCUT2D eigenvalue weighted by Gasteiger charge is -2.30. The van der Waals surface area contributed by atoms with Gasteiger partial charge in [0.2, 0.25) is 11.8 Å². The van der Waals surface area contributed by atoms with Crippen molar-refractivity contribution in [3.8, 4) is 0 Å². The van der Waals surface area contributed by atoms with Crippen LogP contribution in [-0.4, -0.2) is 123 Å². The number of amides is 2. The van der Waals surface area contributed by atoms with Gasteiger partial charge in [0, 0.05) is 37.1 Å². The van der Waals surface area contributed by atoms with Gasteiger partial charge in [0.25, 0.3) is 0 Å². The molecular weight excluding hydrogens is 891 g/mol. The van der Waals surface area contributed by atoms with E-state index in [2.05, 4.69) is 41.3 Å². The second-order valence-electron chi connectivity index (χ2n) is 14.5. The standard InChI is InChI=1S/C33H56N7O17P3S/c1-4-5-6-7-8-9-10-11-12-13-24(42)61-17-16-35-23(41)14-15-36-31(45)28(44)33(2,3)19-54-60(51,52)57-59(49,50)53-18-22-27(56-58(46,47)48)26(43)32(55-22)40-21-39-25-29(34)37-20-38-30(25)40/h11-12,20-22,26-28,32,43-44H,4-10,13-19H2,1-3H3,(H,35,41)(H,36,45)(H,49,50)(H,51,52)(H2,34,37,38)(H2,46,47,48)/b12-11+/t22-,26?,27+,28+,32-/m1/s1. The van der Waals surface area contributed by atoms with Crippen molar-refractivity contribution in [2.75, 3.05) is 37.8 Å². The number of ether oxygens (including phenoxy) is 1. The second kappa shape index (κ2) is 24.4. The number of aliphatic hydroxyl groups is 2. The highest BCUT2D eigenvalue weighted by Gasteiger charge is 2.50. The first-order valence-electron chi connectivity index (χ1n) is 19.3. The molecule has 24 nitrogen and oxygen atoms in total. The van der Waals surface area contributed by atoms with Crippen molar-refractivity contribution in [2.45, 2.75) is 109 Å². The zero-order valence-corrected chi connectivity index (χ0v) is 37.4. The van der Waals surface area contributed by atoms with E-state index in [1.54, 1.807) is 0 Å². The highest BCUT2D eigenvalue weighted by Crippen LogP contribution is 2.61. The predicted molar refractivity (Wildman–Crippen MR) is 219 cm³/mol. The summed E-state index contributed by atoms with van der Waals surface area (Å²) in [7, 11) is -16.4. The summed E-state index contributed by atoms with van der Waals surface area (Å²) >= 11 is 1.10. The van der Waals surface area contributed by atoms with E-state index in [1.807, 2.05) is 12.2 Å². The number of rotatable bonds is 28. The lowest BCUT2D eigenvalue weighted by Crippen LogP contribution is -2.46. The Hall–Kier alpha value is -2.70.